The number of rotatable bonds is 7. The van der Waals surface area contributed by atoms with E-state index in [1.54, 1.807) is 12.4 Å². The van der Waals surface area contributed by atoms with Gasteiger partial charge in [-0.3, -0.25) is 4.98 Å². The van der Waals surface area contributed by atoms with Gasteiger partial charge in [-0.15, -0.1) is 0 Å². The monoisotopic (exact) mass is 256 g/mol. The smallest absolute Gasteiger partial charge is 0.138 e. The second-order valence-electron chi connectivity index (χ2n) is 4.41. The lowest BCUT2D eigenvalue weighted by Gasteiger charge is -2.20. The van der Waals surface area contributed by atoms with E-state index in [1.807, 2.05) is 30.3 Å². The average Bonchev–Trinajstić information content (AvgIpc) is 2.48. The summed E-state index contributed by atoms with van der Waals surface area (Å²) in [4.78, 5) is 4.08. The number of hydrogen-bond donors (Lipinski definition) is 1. The highest BCUT2D eigenvalue weighted by Crippen LogP contribution is 2.20. The summed E-state index contributed by atoms with van der Waals surface area (Å²) in [5, 5.41) is 3.41. The topological polar surface area (TPSA) is 34.1 Å². The molecule has 1 heterocycles. The Morgan fingerprint density at radius 2 is 2.00 bits per heavy atom. The Kier molecular flexibility index (Phi) is 5.38. The molecule has 1 atom stereocenters. The van der Waals surface area contributed by atoms with Crippen molar-refractivity contribution < 1.29 is 4.74 Å². The highest BCUT2D eigenvalue weighted by Gasteiger charge is 2.12. The molecule has 0 aliphatic rings. The third-order valence-electron chi connectivity index (χ3n) is 2.84. The van der Waals surface area contributed by atoms with Crippen molar-refractivity contribution in [3.8, 4) is 5.75 Å². The quantitative estimate of drug-likeness (QED) is 0.772. The fourth-order valence-electron chi connectivity index (χ4n) is 1.89. The molecule has 19 heavy (non-hydrogen) atoms. The Labute approximate surface area is 114 Å². The number of nitrogens with one attached hydrogen (secondary N) is 1. The lowest BCUT2D eigenvalue weighted by atomic mass is 10.1. The summed E-state index contributed by atoms with van der Waals surface area (Å²) in [7, 11) is 0. The summed E-state index contributed by atoms with van der Waals surface area (Å²) in [5.74, 6) is 0.801. The maximum atomic E-state index is 6.02. The van der Waals surface area contributed by atoms with Crippen molar-refractivity contribution in [3.63, 3.8) is 0 Å². The molecule has 0 saturated heterocycles. The molecule has 0 fully saturated rings. The summed E-state index contributed by atoms with van der Waals surface area (Å²) in [6.07, 6.45) is 4.63. The molecule has 100 valence electrons. The first-order chi connectivity index (χ1) is 9.40. The van der Waals surface area contributed by atoms with Crippen LogP contribution in [0.2, 0.25) is 0 Å². The Bertz CT molecular complexity index is 459. The Morgan fingerprint density at radius 3 is 2.68 bits per heavy atom. The van der Waals surface area contributed by atoms with Crippen LogP contribution in [0.5, 0.6) is 5.75 Å². The first-order valence-electron chi connectivity index (χ1n) is 6.72. The van der Waals surface area contributed by atoms with Crippen LogP contribution in [0.4, 0.5) is 0 Å². The van der Waals surface area contributed by atoms with E-state index >= 15 is 0 Å². The minimum atomic E-state index is 0.0111. The van der Waals surface area contributed by atoms with Gasteiger partial charge in [-0.05, 0) is 30.7 Å². The van der Waals surface area contributed by atoms with Crippen molar-refractivity contribution >= 4 is 0 Å². The summed E-state index contributed by atoms with van der Waals surface area (Å²) < 4.78 is 6.02. The van der Waals surface area contributed by atoms with Gasteiger partial charge in [-0.1, -0.05) is 37.3 Å². The highest BCUT2D eigenvalue weighted by atomic mass is 16.5. The van der Waals surface area contributed by atoms with Crippen LogP contribution in [-0.2, 0) is 0 Å². The molecule has 0 aliphatic heterocycles. The third kappa shape index (κ3) is 4.38. The molecule has 3 heteroatoms. The maximum Gasteiger partial charge on any atom is 0.138 e. The van der Waals surface area contributed by atoms with Gasteiger partial charge in [0.05, 0.1) is 6.20 Å². The summed E-state index contributed by atoms with van der Waals surface area (Å²) >= 11 is 0. The van der Waals surface area contributed by atoms with E-state index in [9.17, 15) is 0 Å². The van der Waals surface area contributed by atoms with Crippen molar-refractivity contribution in [1.29, 1.82) is 0 Å². The number of benzene rings is 1. The molecule has 0 radical (unpaired) electrons. The van der Waals surface area contributed by atoms with Crippen molar-refractivity contribution in [2.24, 2.45) is 0 Å². The van der Waals surface area contributed by atoms with Gasteiger partial charge in [0.2, 0.25) is 0 Å². The van der Waals surface area contributed by atoms with E-state index in [4.69, 9.17) is 4.74 Å². The molecule has 0 spiro atoms. The van der Waals surface area contributed by atoms with Crippen LogP contribution in [0.3, 0.4) is 0 Å². The van der Waals surface area contributed by atoms with E-state index in [1.165, 1.54) is 5.56 Å². The average molecular weight is 256 g/mol. The van der Waals surface area contributed by atoms with E-state index < -0.39 is 0 Å². The first-order valence-corrected chi connectivity index (χ1v) is 6.72. The van der Waals surface area contributed by atoms with Gasteiger partial charge >= 0.3 is 0 Å². The minimum absolute atomic E-state index is 0.0111. The van der Waals surface area contributed by atoms with Crippen LogP contribution >= 0.6 is 0 Å². The fraction of sp³-hybridized carbons (Fsp3) is 0.312. The second kappa shape index (κ2) is 7.54. The standard InChI is InChI=1S/C16H20N2O/c1-2-10-17-13-16(14-7-4-3-5-8-14)19-15-9-6-11-18-12-15/h3-9,11-12,16-17H,2,10,13H2,1H3. The normalized spacial score (nSPS) is 12.1. The van der Waals surface area contributed by atoms with Gasteiger partial charge in [0.15, 0.2) is 0 Å². The van der Waals surface area contributed by atoms with E-state index in [0.717, 1.165) is 25.3 Å². The van der Waals surface area contributed by atoms with Gasteiger partial charge in [0.25, 0.3) is 0 Å². The highest BCUT2D eigenvalue weighted by molar-refractivity contribution is 5.22. The predicted molar refractivity (Wildman–Crippen MR) is 77.2 cm³/mol. The number of ether oxygens (including phenoxy) is 1. The summed E-state index contributed by atoms with van der Waals surface area (Å²) in [6, 6.07) is 14.1. The molecule has 0 amide bonds. The SMILES string of the molecule is CCCNCC(Oc1cccnc1)c1ccccc1. The van der Waals surface area contributed by atoms with Crippen LogP contribution in [0.25, 0.3) is 0 Å². The van der Waals surface area contributed by atoms with E-state index in [2.05, 4.69) is 29.4 Å². The van der Waals surface area contributed by atoms with Gasteiger partial charge in [-0.2, -0.15) is 0 Å². The van der Waals surface area contributed by atoms with Crippen LogP contribution in [-0.4, -0.2) is 18.1 Å². The van der Waals surface area contributed by atoms with Gasteiger partial charge in [0.1, 0.15) is 11.9 Å². The molecular formula is C16H20N2O. The molecule has 0 bridgehead atoms. The molecule has 2 rings (SSSR count). The zero-order valence-electron chi connectivity index (χ0n) is 11.3. The summed E-state index contributed by atoms with van der Waals surface area (Å²) in [6.45, 7) is 3.96. The number of nitrogens with zero attached hydrogens (tertiary/aromatic N) is 1. The van der Waals surface area contributed by atoms with Gasteiger partial charge in [-0.25, -0.2) is 0 Å². The van der Waals surface area contributed by atoms with Crippen molar-refractivity contribution in [2.45, 2.75) is 19.4 Å². The van der Waals surface area contributed by atoms with E-state index in [0.29, 0.717) is 0 Å². The first kappa shape index (κ1) is 13.6. The lowest BCUT2D eigenvalue weighted by Crippen LogP contribution is -2.25. The molecule has 1 unspecified atom stereocenters. The molecule has 1 aromatic carbocycles. The van der Waals surface area contributed by atoms with E-state index in [-0.39, 0.29) is 6.10 Å². The molecule has 1 aromatic heterocycles. The lowest BCUT2D eigenvalue weighted by molar-refractivity contribution is 0.201. The predicted octanol–water partition coefficient (Wildman–Crippen LogP) is 3.20. The Morgan fingerprint density at radius 1 is 1.16 bits per heavy atom. The van der Waals surface area contributed by atoms with Crippen LogP contribution < -0.4 is 10.1 Å². The fourth-order valence-corrected chi connectivity index (χ4v) is 1.89. The number of aromatic nitrogens is 1. The Hall–Kier alpha value is -1.87. The van der Waals surface area contributed by atoms with Crippen molar-refractivity contribution in [3.05, 3.63) is 60.4 Å². The largest absolute Gasteiger partial charge is 0.483 e. The molecule has 0 saturated carbocycles. The maximum absolute atomic E-state index is 6.02. The zero-order valence-corrected chi connectivity index (χ0v) is 11.3. The molecule has 2 aromatic rings. The second-order valence-corrected chi connectivity index (χ2v) is 4.41. The van der Waals surface area contributed by atoms with Crippen LogP contribution in [0, 0.1) is 0 Å². The third-order valence-corrected chi connectivity index (χ3v) is 2.84. The van der Waals surface area contributed by atoms with Crippen molar-refractivity contribution in [1.82, 2.24) is 10.3 Å². The molecule has 0 aliphatic carbocycles. The van der Waals surface area contributed by atoms with Crippen LogP contribution in [0.15, 0.2) is 54.9 Å². The van der Waals surface area contributed by atoms with Crippen molar-refractivity contribution in [2.75, 3.05) is 13.1 Å². The molecular weight excluding hydrogens is 236 g/mol. The van der Waals surface area contributed by atoms with Gasteiger partial charge < -0.3 is 10.1 Å². The van der Waals surface area contributed by atoms with Gasteiger partial charge in [0, 0.05) is 12.7 Å². The zero-order chi connectivity index (χ0) is 13.3. The number of pyridine rings is 1. The molecule has 3 nitrogen and oxygen atoms in total. The Balaban J connectivity index is 2.06. The minimum Gasteiger partial charge on any atom is -0.483 e. The number of hydrogen-bond acceptors (Lipinski definition) is 3. The summed E-state index contributed by atoms with van der Waals surface area (Å²) in [5.41, 5.74) is 1.18. The molecule has 1 N–H and O–H groups in total. The van der Waals surface area contributed by atoms with Crippen LogP contribution in [0.1, 0.15) is 25.0 Å².